The number of aromatic nitrogens is 3. The van der Waals surface area contributed by atoms with E-state index in [0.29, 0.717) is 5.65 Å². The van der Waals surface area contributed by atoms with Gasteiger partial charge in [0.25, 0.3) is 5.91 Å². The average molecular weight is 304 g/mol. The van der Waals surface area contributed by atoms with Gasteiger partial charge in [0.2, 0.25) is 0 Å². The zero-order valence-electron chi connectivity index (χ0n) is 11.1. The van der Waals surface area contributed by atoms with Crippen molar-refractivity contribution in [1.82, 2.24) is 14.6 Å². The minimum absolute atomic E-state index is 0.115. The number of hydrogen-bond donors (Lipinski definition) is 1. The molecule has 8 heteroatoms. The van der Waals surface area contributed by atoms with Crippen molar-refractivity contribution in [2.24, 2.45) is 0 Å². The summed E-state index contributed by atoms with van der Waals surface area (Å²) in [5.41, 5.74) is 0.739. The topological polar surface area (TPSA) is 68.5 Å². The highest BCUT2D eigenvalue weighted by atomic mass is 19.3. The number of nitrogens with zero attached hydrogens (tertiary/aromatic N) is 3. The third kappa shape index (κ3) is 2.71. The van der Waals surface area contributed by atoms with Crippen molar-refractivity contribution in [2.75, 3.05) is 5.32 Å². The standard InChI is InChI=1S/C14H10F2N4O2/c15-14(16)22-11-5-2-1-4-10(11)19-13(21)9-8-18-20-7-3-6-17-12(9)20/h1-8,14H,(H,19,21). The van der Waals surface area contributed by atoms with Gasteiger partial charge < -0.3 is 10.1 Å². The number of rotatable bonds is 4. The van der Waals surface area contributed by atoms with E-state index < -0.39 is 12.5 Å². The van der Waals surface area contributed by atoms with Crippen LogP contribution in [0.1, 0.15) is 10.4 Å². The molecule has 0 bridgehead atoms. The molecule has 6 nitrogen and oxygen atoms in total. The SMILES string of the molecule is O=C(Nc1ccccc1OC(F)F)c1cnn2cccnc12. The first-order valence-corrected chi connectivity index (χ1v) is 6.28. The molecule has 2 aromatic heterocycles. The van der Waals surface area contributed by atoms with Gasteiger partial charge in [-0.05, 0) is 18.2 Å². The highest BCUT2D eigenvalue weighted by Crippen LogP contribution is 2.26. The zero-order chi connectivity index (χ0) is 15.5. The molecule has 1 N–H and O–H groups in total. The van der Waals surface area contributed by atoms with Gasteiger partial charge in [0.15, 0.2) is 5.65 Å². The quantitative estimate of drug-likeness (QED) is 0.804. The van der Waals surface area contributed by atoms with Crippen molar-refractivity contribution in [3.8, 4) is 5.75 Å². The summed E-state index contributed by atoms with van der Waals surface area (Å²) in [7, 11) is 0. The van der Waals surface area contributed by atoms with E-state index in [1.54, 1.807) is 18.3 Å². The number of hydrogen-bond acceptors (Lipinski definition) is 4. The molecule has 1 amide bonds. The average Bonchev–Trinajstić information content (AvgIpc) is 2.93. The zero-order valence-corrected chi connectivity index (χ0v) is 11.1. The first-order chi connectivity index (χ1) is 10.6. The van der Waals surface area contributed by atoms with Crippen LogP contribution in [0.3, 0.4) is 0 Å². The van der Waals surface area contributed by atoms with Gasteiger partial charge in [0, 0.05) is 12.4 Å². The number of fused-ring (bicyclic) bond motifs is 1. The first-order valence-electron chi connectivity index (χ1n) is 6.28. The van der Waals surface area contributed by atoms with Crippen molar-refractivity contribution >= 4 is 17.2 Å². The van der Waals surface area contributed by atoms with Gasteiger partial charge >= 0.3 is 6.61 Å². The maximum absolute atomic E-state index is 12.4. The number of para-hydroxylation sites is 2. The molecular formula is C14H10F2N4O2. The van der Waals surface area contributed by atoms with E-state index in [2.05, 4.69) is 20.1 Å². The molecule has 0 unspecified atom stereocenters. The molecule has 0 aliphatic heterocycles. The maximum atomic E-state index is 12.4. The number of anilines is 1. The number of carbonyl (C=O) groups excluding carboxylic acids is 1. The lowest BCUT2D eigenvalue weighted by Gasteiger charge is -2.11. The molecule has 1 aromatic carbocycles. The van der Waals surface area contributed by atoms with Crippen LogP contribution in [0, 0.1) is 0 Å². The molecule has 22 heavy (non-hydrogen) atoms. The second-order valence-electron chi connectivity index (χ2n) is 4.27. The number of amides is 1. The highest BCUT2D eigenvalue weighted by molar-refractivity contribution is 6.08. The summed E-state index contributed by atoms with van der Waals surface area (Å²) < 4.78 is 30.5. The molecule has 3 aromatic rings. The molecule has 0 aliphatic rings. The minimum atomic E-state index is -2.98. The fourth-order valence-electron chi connectivity index (χ4n) is 1.95. The third-order valence-corrected chi connectivity index (χ3v) is 2.88. The lowest BCUT2D eigenvalue weighted by atomic mass is 10.2. The normalized spacial score (nSPS) is 10.9. The number of halogens is 2. The van der Waals surface area contributed by atoms with Gasteiger partial charge in [0.1, 0.15) is 11.3 Å². The Morgan fingerprint density at radius 1 is 1.27 bits per heavy atom. The fraction of sp³-hybridized carbons (Fsp3) is 0.0714. The second kappa shape index (κ2) is 5.76. The van der Waals surface area contributed by atoms with E-state index in [4.69, 9.17) is 0 Å². The smallest absolute Gasteiger partial charge is 0.387 e. The molecule has 0 radical (unpaired) electrons. The van der Waals surface area contributed by atoms with Gasteiger partial charge in [-0.2, -0.15) is 13.9 Å². The Morgan fingerprint density at radius 2 is 2.09 bits per heavy atom. The molecule has 0 spiro atoms. The van der Waals surface area contributed by atoms with Gasteiger partial charge in [-0.15, -0.1) is 0 Å². The summed E-state index contributed by atoms with van der Waals surface area (Å²) in [6.45, 7) is -2.98. The molecule has 0 fully saturated rings. The Hall–Kier alpha value is -3.03. The molecular weight excluding hydrogens is 294 g/mol. The van der Waals surface area contributed by atoms with Crippen LogP contribution in [0.4, 0.5) is 14.5 Å². The Morgan fingerprint density at radius 3 is 2.91 bits per heavy atom. The Labute approximate surface area is 123 Å². The molecule has 0 saturated heterocycles. The van der Waals surface area contributed by atoms with E-state index in [1.165, 1.54) is 35.1 Å². The van der Waals surface area contributed by atoms with Crippen molar-refractivity contribution < 1.29 is 18.3 Å². The van der Waals surface area contributed by atoms with Crippen LogP contribution >= 0.6 is 0 Å². The minimum Gasteiger partial charge on any atom is -0.433 e. The number of ether oxygens (including phenoxy) is 1. The summed E-state index contributed by atoms with van der Waals surface area (Å²) in [4.78, 5) is 16.3. The van der Waals surface area contributed by atoms with Crippen molar-refractivity contribution in [1.29, 1.82) is 0 Å². The predicted octanol–water partition coefficient (Wildman–Crippen LogP) is 2.58. The molecule has 0 saturated carbocycles. The number of benzene rings is 1. The first kappa shape index (κ1) is 13.9. The molecule has 2 heterocycles. The molecule has 0 aliphatic carbocycles. The summed E-state index contributed by atoms with van der Waals surface area (Å²) in [6, 6.07) is 7.62. The van der Waals surface area contributed by atoms with Crippen LogP contribution in [0.5, 0.6) is 5.75 Å². The van der Waals surface area contributed by atoms with Crippen LogP contribution < -0.4 is 10.1 Å². The number of alkyl halides is 2. The van der Waals surface area contributed by atoms with Crippen LogP contribution in [-0.4, -0.2) is 27.1 Å². The lowest BCUT2D eigenvalue weighted by Crippen LogP contribution is -2.14. The Bertz CT molecular complexity index is 819. The van der Waals surface area contributed by atoms with Crippen LogP contribution in [0.15, 0.2) is 48.9 Å². The van der Waals surface area contributed by atoms with E-state index in [0.717, 1.165) is 0 Å². The van der Waals surface area contributed by atoms with Crippen molar-refractivity contribution in [3.05, 3.63) is 54.5 Å². The summed E-state index contributed by atoms with van der Waals surface area (Å²) >= 11 is 0. The van der Waals surface area contributed by atoms with E-state index in [1.807, 2.05) is 0 Å². The number of nitrogens with one attached hydrogen (secondary N) is 1. The van der Waals surface area contributed by atoms with E-state index in [9.17, 15) is 13.6 Å². The highest BCUT2D eigenvalue weighted by Gasteiger charge is 2.16. The molecule has 3 rings (SSSR count). The summed E-state index contributed by atoms with van der Waals surface area (Å²) in [5.74, 6) is -0.630. The largest absolute Gasteiger partial charge is 0.433 e. The van der Waals surface area contributed by atoms with Gasteiger partial charge in [-0.1, -0.05) is 12.1 Å². The van der Waals surface area contributed by atoms with Crippen LogP contribution in [0.25, 0.3) is 5.65 Å². The Kier molecular flexibility index (Phi) is 3.65. The van der Waals surface area contributed by atoms with Crippen molar-refractivity contribution in [3.63, 3.8) is 0 Å². The van der Waals surface area contributed by atoms with Gasteiger partial charge in [0.05, 0.1) is 11.9 Å². The van der Waals surface area contributed by atoms with E-state index >= 15 is 0 Å². The maximum Gasteiger partial charge on any atom is 0.387 e. The third-order valence-electron chi connectivity index (χ3n) is 2.88. The lowest BCUT2D eigenvalue weighted by molar-refractivity contribution is -0.0493. The monoisotopic (exact) mass is 304 g/mol. The predicted molar refractivity (Wildman–Crippen MR) is 74.0 cm³/mol. The summed E-state index contributed by atoms with van der Waals surface area (Å²) in [5, 5.41) is 6.51. The molecule has 0 atom stereocenters. The van der Waals surface area contributed by atoms with Gasteiger partial charge in [-0.3, -0.25) is 4.79 Å². The van der Waals surface area contributed by atoms with Crippen LogP contribution in [-0.2, 0) is 0 Å². The second-order valence-corrected chi connectivity index (χ2v) is 4.27. The van der Waals surface area contributed by atoms with Crippen molar-refractivity contribution in [2.45, 2.75) is 6.61 Å². The van der Waals surface area contributed by atoms with Crippen LogP contribution in [0.2, 0.25) is 0 Å². The summed E-state index contributed by atoms with van der Waals surface area (Å²) in [6.07, 6.45) is 4.53. The Balaban J connectivity index is 1.89. The molecule has 112 valence electrons. The number of carbonyl (C=O) groups is 1. The van der Waals surface area contributed by atoms with Gasteiger partial charge in [-0.25, -0.2) is 9.50 Å². The fourth-order valence-corrected chi connectivity index (χ4v) is 1.95. The van der Waals surface area contributed by atoms with E-state index in [-0.39, 0.29) is 17.0 Å².